The minimum atomic E-state index is -3.57. The zero-order valence-corrected chi connectivity index (χ0v) is 21.7. The van der Waals surface area contributed by atoms with E-state index in [2.05, 4.69) is 15.2 Å². The summed E-state index contributed by atoms with van der Waals surface area (Å²) < 4.78 is 41.6. The van der Waals surface area contributed by atoms with Gasteiger partial charge in [0, 0.05) is 29.7 Å². The van der Waals surface area contributed by atoms with Crippen molar-refractivity contribution in [3.05, 3.63) is 68.5 Å². The van der Waals surface area contributed by atoms with Gasteiger partial charge < -0.3 is 5.32 Å². The number of nitriles is 1. The molecule has 1 aromatic heterocycles. The second-order valence-corrected chi connectivity index (χ2v) is 11.6. The Morgan fingerprint density at radius 1 is 1.31 bits per heavy atom. The maximum absolute atomic E-state index is 15.3. The second-order valence-electron chi connectivity index (χ2n) is 8.92. The number of nitrogens with zero attached hydrogens (tertiary/aromatic N) is 4. The topological polar surface area (TPSA) is 108 Å². The number of nitrogens with one attached hydrogen (secondary N) is 1. The number of halogens is 2. The largest absolute Gasteiger partial charge is 0.316 e. The van der Waals surface area contributed by atoms with Gasteiger partial charge in [0.05, 0.1) is 40.0 Å². The third-order valence-electron chi connectivity index (χ3n) is 6.66. The number of piperidine rings is 1. The Labute approximate surface area is 214 Å². The van der Waals surface area contributed by atoms with Crippen LogP contribution in [-0.2, 0) is 22.9 Å². The van der Waals surface area contributed by atoms with Gasteiger partial charge in [-0.1, -0.05) is 18.5 Å². The maximum Gasteiger partial charge on any atom is 0.261 e. The van der Waals surface area contributed by atoms with Crippen molar-refractivity contribution in [2.75, 3.05) is 25.9 Å². The van der Waals surface area contributed by atoms with Crippen LogP contribution >= 0.6 is 11.6 Å². The molecule has 0 amide bonds. The van der Waals surface area contributed by atoms with E-state index in [9.17, 15) is 18.5 Å². The number of aromatic nitrogens is 2. The van der Waals surface area contributed by atoms with Crippen molar-refractivity contribution in [3.8, 4) is 6.07 Å². The molecule has 4 rings (SSSR count). The molecule has 0 unspecified atom stereocenters. The molecule has 0 aliphatic carbocycles. The fourth-order valence-corrected chi connectivity index (χ4v) is 5.97. The summed E-state index contributed by atoms with van der Waals surface area (Å²) in [5.41, 5.74) is 0.143. The lowest BCUT2D eigenvalue weighted by Crippen LogP contribution is -2.44. The third kappa shape index (κ3) is 5.15. The highest BCUT2D eigenvalue weighted by atomic mass is 35.5. The number of likely N-dealkylation sites (N-methyl/N-ethyl adjacent to an activating group) is 1. The Kier molecular flexibility index (Phi) is 7.76. The quantitative estimate of drug-likeness (QED) is 0.499. The van der Waals surface area contributed by atoms with Gasteiger partial charge in [0.25, 0.3) is 5.56 Å². The molecular weight excluding hydrogens is 505 g/mol. The minimum absolute atomic E-state index is 0.0380. The van der Waals surface area contributed by atoms with Gasteiger partial charge in [-0.25, -0.2) is 17.8 Å². The summed E-state index contributed by atoms with van der Waals surface area (Å²) >= 11 is 6.10. The van der Waals surface area contributed by atoms with E-state index in [0.29, 0.717) is 16.6 Å². The van der Waals surface area contributed by atoms with Gasteiger partial charge in [0.2, 0.25) is 0 Å². The number of likely N-dealkylation sites (tertiary alicyclic amines) is 1. The highest BCUT2D eigenvalue weighted by molar-refractivity contribution is 7.91. The smallest absolute Gasteiger partial charge is 0.261 e. The van der Waals surface area contributed by atoms with Gasteiger partial charge in [-0.3, -0.25) is 14.3 Å². The van der Waals surface area contributed by atoms with Crippen molar-refractivity contribution < 1.29 is 12.8 Å². The molecular formula is C25H27ClFN5O3S. The SMILES string of the molecule is CCS(=O)(=O)c1ccc(Cl)cc1Cn1cnc2c(C#N)c(CN3CCC[C@H](NC)C3)c(F)cc2c1=O. The molecule has 0 bridgehead atoms. The van der Waals surface area contributed by atoms with Crippen molar-refractivity contribution >= 4 is 32.3 Å². The summed E-state index contributed by atoms with van der Waals surface area (Å²) in [4.78, 5) is 19.8. The summed E-state index contributed by atoms with van der Waals surface area (Å²) in [6.45, 7) is 3.18. The second kappa shape index (κ2) is 10.6. The maximum atomic E-state index is 15.3. The number of fused-ring (bicyclic) bond motifs is 1. The molecule has 0 radical (unpaired) electrons. The Balaban J connectivity index is 1.76. The molecule has 2 heterocycles. The molecule has 1 saturated heterocycles. The van der Waals surface area contributed by atoms with Crippen LogP contribution in [0.1, 0.15) is 36.5 Å². The number of rotatable bonds is 7. The monoisotopic (exact) mass is 531 g/mol. The Hall–Kier alpha value is -2.84. The van der Waals surface area contributed by atoms with Crippen molar-refractivity contribution in [1.82, 2.24) is 19.8 Å². The predicted octanol–water partition coefficient (Wildman–Crippen LogP) is 3.09. The van der Waals surface area contributed by atoms with E-state index >= 15 is 4.39 Å². The summed E-state index contributed by atoms with van der Waals surface area (Å²) in [5.74, 6) is -0.753. The van der Waals surface area contributed by atoms with E-state index in [0.717, 1.165) is 32.0 Å². The Bertz CT molecular complexity index is 1520. The van der Waals surface area contributed by atoms with Crippen molar-refractivity contribution in [1.29, 1.82) is 5.26 Å². The molecule has 0 spiro atoms. The molecule has 8 nitrogen and oxygen atoms in total. The Morgan fingerprint density at radius 3 is 2.78 bits per heavy atom. The van der Waals surface area contributed by atoms with Gasteiger partial charge in [0.15, 0.2) is 9.84 Å². The molecule has 1 fully saturated rings. The number of hydrogen-bond donors (Lipinski definition) is 1. The lowest BCUT2D eigenvalue weighted by molar-refractivity contribution is 0.186. The molecule has 36 heavy (non-hydrogen) atoms. The number of benzene rings is 2. The van der Waals surface area contributed by atoms with Crippen LogP contribution in [0.15, 0.2) is 40.3 Å². The van der Waals surface area contributed by atoms with Gasteiger partial charge in [-0.15, -0.1) is 0 Å². The zero-order chi connectivity index (χ0) is 26.0. The first-order chi connectivity index (χ1) is 17.2. The summed E-state index contributed by atoms with van der Waals surface area (Å²) in [7, 11) is -1.68. The standard InChI is InChI=1S/C25H27ClFN5O3S/c1-3-36(34,35)23-7-6-17(26)9-16(23)12-32-15-30-24-19(25(32)33)10-22(27)21(20(24)11-28)14-31-8-4-5-18(13-31)29-2/h6-7,9-10,15,18,29H,3-5,8,12-14H2,1-2H3/t18-/m0/s1. The summed E-state index contributed by atoms with van der Waals surface area (Å²) in [6.07, 6.45) is 3.26. The van der Waals surface area contributed by atoms with Gasteiger partial charge in [0.1, 0.15) is 11.9 Å². The van der Waals surface area contributed by atoms with Crippen LogP contribution in [0.25, 0.3) is 10.9 Å². The fourth-order valence-electron chi connectivity index (χ4n) is 4.67. The van der Waals surface area contributed by atoms with Crippen molar-refractivity contribution in [3.63, 3.8) is 0 Å². The van der Waals surface area contributed by atoms with E-state index in [1.54, 1.807) is 0 Å². The molecule has 1 atom stereocenters. The van der Waals surface area contributed by atoms with Crippen molar-refractivity contribution in [2.24, 2.45) is 0 Å². The average molecular weight is 532 g/mol. The summed E-state index contributed by atoms with van der Waals surface area (Å²) in [5, 5.41) is 13.4. The van der Waals surface area contributed by atoms with Crippen LogP contribution in [0.5, 0.6) is 0 Å². The number of hydrogen-bond acceptors (Lipinski definition) is 7. The molecule has 1 aliphatic rings. The zero-order valence-electron chi connectivity index (χ0n) is 20.1. The van der Waals surface area contributed by atoms with E-state index in [1.165, 1.54) is 36.0 Å². The Morgan fingerprint density at radius 2 is 2.08 bits per heavy atom. The third-order valence-corrected chi connectivity index (χ3v) is 8.72. The van der Waals surface area contributed by atoms with Crippen LogP contribution in [0.3, 0.4) is 0 Å². The van der Waals surface area contributed by atoms with E-state index < -0.39 is 21.2 Å². The van der Waals surface area contributed by atoms with E-state index in [4.69, 9.17) is 11.6 Å². The fraction of sp³-hybridized carbons (Fsp3) is 0.400. The van der Waals surface area contributed by atoms with Crippen molar-refractivity contribution in [2.45, 2.75) is 43.8 Å². The molecule has 3 aromatic rings. The van der Waals surface area contributed by atoms with Gasteiger partial charge in [-0.05, 0) is 56.3 Å². The molecule has 1 N–H and O–H groups in total. The molecule has 11 heteroatoms. The first-order valence-electron chi connectivity index (χ1n) is 11.7. The average Bonchev–Trinajstić information content (AvgIpc) is 2.86. The van der Waals surface area contributed by atoms with E-state index in [1.807, 2.05) is 13.1 Å². The van der Waals surface area contributed by atoms with Crippen LogP contribution in [0.4, 0.5) is 4.39 Å². The lowest BCUT2D eigenvalue weighted by atomic mass is 10.0. The lowest BCUT2D eigenvalue weighted by Gasteiger charge is -2.32. The molecule has 190 valence electrons. The highest BCUT2D eigenvalue weighted by Gasteiger charge is 2.24. The van der Waals surface area contributed by atoms with Crippen LogP contribution in [0, 0.1) is 17.1 Å². The van der Waals surface area contributed by atoms with Gasteiger partial charge in [-0.2, -0.15) is 5.26 Å². The predicted molar refractivity (Wildman–Crippen MR) is 136 cm³/mol. The van der Waals surface area contributed by atoms with Crippen LogP contribution < -0.4 is 10.9 Å². The normalized spacial score (nSPS) is 16.8. The summed E-state index contributed by atoms with van der Waals surface area (Å²) in [6, 6.07) is 7.84. The molecule has 2 aromatic carbocycles. The van der Waals surface area contributed by atoms with Crippen LogP contribution in [-0.4, -0.2) is 54.8 Å². The van der Waals surface area contributed by atoms with Crippen LogP contribution in [0.2, 0.25) is 5.02 Å². The number of sulfone groups is 1. The van der Waals surface area contributed by atoms with E-state index in [-0.39, 0.29) is 45.8 Å². The molecule has 1 aliphatic heterocycles. The highest BCUT2D eigenvalue weighted by Crippen LogP contribution is 2.26. The van der Waals surface area contributed by atoms with Gasteiger partial charge >= 0.3 is 0 Å². The molecule has 0 saturated carbocycles. The minimum Gasteiger partial charge on any atom is -0.316 e. The first-order valence-corrected chi connectivity index (χ1v) is 13.7. The first kappa shape index (κ1) is 26.2.